The summed E-state index contributed by atoms with van der Waals surface area (Å²) in [6.07, 6.45) is 3.53. The minimum atomic E-state index is -0.389. The molecule has 0 radical (unpaired) electrons. The first-order valence-electron chi connectivity index (χ1n) is 6.77. The molecule has 0 aliphatic carbocycles. The smallest absolute Gasteiger partial charge is 0.311 e. The van der Waals surface area contributed by atoms with Gasteiger partial charge in [0.2, 0.25) is 0 Å². The zero-order valence-electron chi connectivity index (χ0n) is 11.8. The maximum absolute atomic E-state index is 11.9. The molecule has 3 heteroatoms. The van der Waals surface area contributed by atoms with Crippen molar-refractivity contribution in [2.75, 3.05) is 6.61 Å². The first-order valence-corrected chi connectivity index (χ1v) is 6.77. The number of carbonyl (C=O) groups is 1. The van der Waals surface area contributed by atoms with E-state index in [1.54, 1.807) is 0 Å². The highest BCUT2D eigenvalue weighted by Crippen LogP contribution is 2.22. The number of esters is 1. The van der Waals surface area contributed by atoms with Gasteiger partial charge in [-0.05, 0) is 31.9 Å². The zero-order valence-corrected chi connectivity index (χ0v) is 11.8. The molecular weight excluding hydrogens is 238 g/mol. The van der Waals surface area contributed by atoms with Crippen LogP contribution in [0.3, 0.4) is 0 Å². The number of aromatic nitrogens is 1. The Morgan fingerprint density at radius 2 is 2.05 bits per heavy atom. The average molecular weight is 259 g/mol. The summed E-state index contributed by atoms with van der Waals surface area (Å²) < 4.78 is 5.37. The van der Waals surface area contributed by atoms with Crippen molar-refractivity contribution in [1.82, 2.24) is 4.98 Å². The fraction of sp³-hybridized carbons (Fsp3) is 0.438. The molecule has 2 aromatic rings. The summed E-state index contributed by atoms with van der Waals surface area (Å²) >= 11 is 0. The number of para-hydroxylation sites is 1. The van der Waals surface area contributed by atoms with E-state index in [1.807, 2.05) is 45.2 Å². The lowest BCUT2D eigenvalue weighted by molar-refractivity contribution is -0.154. The third kappa shape index (κ3) is 2.98. The Morgan fingerprint density at radius 3 is 2.79 bits per heavy atom. The molecule has 102 valence electrons. The van der Waals surface area contributed by atoms with Gasteiger partial charge in [-0.3, -0.25) is 4.79 Å². The molecule has 1 heterocycles. The van der Waals surface area contributed by atoms with Crippen molar-refractivity contribution in [3.05, 3.63) is 36.0 Å². The van der Waals surface area contributed by atoms with Crippen molar-refractivity contribution >= 4 is 16.9 Å². The molecular formula is C16H21NO2. The molecule has 1 aromatic carbocycles. The number of hydrogen-bond donors (Lipinski definition) is 1. The molecule has 3 nitrogen and oxygen atoms in total. The van der Waals surface area contributed by atoms with E-state index in [2.05, 4.69) is 11.1 Å². The molecule has 0 unspecified atom stereocenters. The van der Waals surface area contributed by atoms with Gasteiger partial charge < -0.3 is 9.72 Å². The first kappa shape index (κ1) is 13.7. The van der Waals surface area contributed by atoms with Crippen LogP contribution in [0.5, 0.6) is 0 Å². The maximum atomic E-state index is 11.9. The predicted molar refractivity (Wildman–Crippen MR) is 77.0 cm³/mol. The SMILES string of the molecule is CCC(C)(C)C(=O)OCCc1c[nH]c2ccccc12. The molecule has 2 rings (SSSR count). The van der Waals surface area contributed by atoms with E-state index in [-0.39, 0.29) is 11.4 Å². The number of benzene rings is 1. The number of H-pyrrole nitrogens is 1. The summed E-state index contributed by atoms with van der Waals surface area (Å²) in [4.78, 5) is 15.1. The van der Waals surface area contributed by atoms with Crippen molar-refractivity contribution in [1.29, 1.82) is 0 Å². The Kier molecular flexibility index (Phi) is 3.93. The van der Waals surface area contributed by atoms with Crippen LogP contribution in [-0.2, 0) is 16.0 Å². The fourth-order valence-corrected chi connectivity index (χ4v) is 1.93. The van der Waals surface area contributed by atoms with E-state index in [0.717, 1.165) is 18.4 Å². The Balaban J connectivity index is 1.95. The number of rotatable bonds is 5. The van der Waals surface area contributed by atoms with Crippen LogP contribution in [0.15, 0.2) is 30.5 Å². The highest BCUT2D eigenvalue weighted by molar-refractivity contribution is 5.83. The summed E-state index contributed by atoms with van der Waals surface area (Å²) in [5.74, 6) is -0.116. The number of nitrogens with one attached hydrogen (secondary N) is 1. The van der Waals surface area contributed by atoms with Crippen LogP contribution in [0, 0.1) is 5.41 Å². The second kappa shape index (κ2) is 5.47. The minimum Gasteiger partial charge on any atom is -0.465 e. The molecule has 0 aliphatic rings. The van der Waals surface area contributed by atoms with E-state index in [1.165, 1.54) is 10.9 Å². The number of aromatic amines is 1. The van der Waals surface area contributed by atoms with Crippen LogP contribution in [0.2, 0.25) is 0 Å². The number of carbonyl (C=O) groups excluding carboxylic acids is 1. The Morgan fingerprint density at radius 1 is 1.32 bits per heavy atom. The average Bonchev–Trinajstić information content (AvgIpc) is 2.82. The third-order valence-corrected chi connectivity index (χ3v) is 3.72. The highest BCUT2D eigenvalue weighted by atomic mass is 16.5. The quantitative estimate of drug-likeness (QED) is 0.832. The molecule has 0 atom stereocenters. The van der Waals surface area contributed by atoms with Gasteiger partial charge in [-0.2, -0.15) is 0 Å². The van der Waals surface area contributed by atoms with Gasteiger partial charge >= 0.3 is 5.97 Å². The Hall–Kier alpha value is -1.77. The van der Waals surface area contributed by atoms with Crippen LogP contribution >= 0.6 is 0 Å². The van der Waals surface area contributed by atoms with E-state index in [4.69, 9.17) is 4.74 Å². The molecule has 0 aliphatic heterocycles. The lowest BCUT2D eigenvalue weighted by atomic mass is 9.91. The van der Waals surface area contributed by atoms with Gasteiger partial charge in [0.05, 0.1) is 12.0 Å². The van der Waals surface area contributed by atoms with E-state index in [0.29, 0.717) is 6.61 Å². The van der Waals surface area contributed by atoms with Crippen molar-refractivity contribution in [3.63, 3.8) is 0 Å². The van der Waals surface area contributed by atoms with Crippen LogP contribution in [0.25, 0.3) is 10.9 Å². The topological polar surface area (TPSA) is 42.1 Å². The number of ether oxygens (including phenoxy) is 1. The molecule has 0 amide bonds. The van der Waals surface area contributed by atoms with Crippen LogP contribution in [0.4, 0.5) is 0 Å². The summed E-state index contributed by atoms with van der Waals surface area (Å²) in [6.45, 7) is 6.27. The molecule has 0 fully saturated rings. The van der Waals surface area contributed by atoms with E-state index >= 15 is 0 Å². The lowest BCUT2D eigenvalue weighted by Crippen LogP contribution is -2.26. The van der Waals surface area contributed by atoms with Gasteiger partial charge in [0.1, 0.15) is 0 Å². The van der Waals surface area contributed by atoms with E-state index in [9.17, 15) is 4.79 Å². The Bertz CT molecular complexity index is 569. The van der Waals surface area contributed by atoms with Crippen LogP contribution < -0.4 is 0 Å². The second-order valence-electron chi connectivity index (χ2n) is 5.48. The van der Waals surface area contributed by atoms with Gasteiger partial charge in [-0.1, -0.05) is 25.1 Å². The molecule has 19 heavy (non-hydrogen) atoms. The third-order valence-electron chi connectivity index (χ3n) is 3.72. The standard InChI is InChI=1S/C16H21NO2/c1-4-16(2,3)15(18)19-10-9-12-11-17-14-8-6-5-7-13(12)14/h5-8,11,17H,4,9-10H2,1-3H3. The van der Waals surface area contributed by atoms with Crippen molar-refractivity contribution in [2.45, 2.75) is 33.6 Å². The van der Waals surface area contributed by atoms with Crippen molar-refractivity contribution in [2.24, 2.45) is 5.41 Å². The Labute approximate surface area is 114 Å². The zero-order chi connectivity index (χ0) is 13.9. The van der Waals surface area contributed by atoms with Crippen LogP contribution in [0.1, 0.15) is 32.8 Å². The maximum Gasteiger partial charge on any atom is 0.311 e. The normalized spacial score (nSPS) is 11.7. The summed E-state index contributed by atoms with van der Waals surface area (Å²) in [5.41, 5.74) is 1.93. The molecule has 1 aromatic heterocycles. The van der Waals surface area contributed by atoms with Crippen molar-refractivity contribution < 1.29 is 9.53 Å². The van der Waals surface area contributed by atoms with Gasteiger partial charge in [0, 0.05) is 23.5 Å². The molecule has 0 bridgehead atoms. The molecule has 1 N–H and O–H groups in total. The van der Waals surface area contributed by atoms with Crippen LogP contribution in [-0.4, -0.2) is 17.6 Å². The lowest BCUT2D eigenvalue weighted by Gasteiger charge is -2.20. The second-order valence-corrected chi connectivity index (χ2v) is 5.48. The van der Waals surface area contributed by atoms with E-state index < -0.39 is 0 Å². The molecule has 0 saturated heterocycles. The highest BCUT2D eigenvalue weighted by Gasteiger charge is 2.26. The molecule has 0 saturated carbocycles. The van der Waals surface area contributed by atoms with Gasteiger partial charge in [-0.15, -0.1) is 0 Å². The summed E-state index contributed by atoms with van der Waals surface area (Å²) in [7, 11) is 0. The van der Waals surface area contributed by atoms with Crippen molar-refractivity contribution in [3.8, 4) is 0 Å². The van der Waals surface area contributed by atoms with Gasteiger partial charge in [0.15, 0.2) is 0 Å². The first-order chi connectivity index (χ1) is 9.04. The molecule has 0 spiro atoms. The minimum absolute atomic E-state index is 0.116. The van der Waals surface area contributed by atoms with Gasteiger partial charge in [0.25, 0.3) is 0 Å². The number of fused-ring (bicyclic) bond motifs is 1. The monoisotopic (exact) mass is 259 g/mol. The summed E-state index contributed by atoms with van der Waals surface area (Å²) in [6, 6.07) is 8.16. The fourth-order valence-electron chi connectivity index (χ4n) is 1.93. The summed E-state index contributed by atoms with van der Waals surface area (Å²) in [5, 5.41) is 1.20. The predicted octanol–water partition coefficient (Wildman–Crippen LogP) is 3.69. The largest absolute Gasteiger partial charge is 0.465 e. The number of hydrogen-bond acceptors (Lipinski definition) is 2. The van der Waals surface area contributed by atoms with Gasteiger partial charge in [-0.25, -0.2) is 0 Å².